The summed E-state index contributed by atoms with van der Waals surface area (Å²) in [4.78, 5) is 0. The Balaban J connectivity index is 0.872. The predicted octanol–water partition coefficient (Wildman–Crippen LogP) is 18.0. The standard InChI is InChI=1S/C68H44/c1-67(2)58-24-12-9-17-49(58)52-35-33-46(39-62(52)67)65-55-22-7-5-20-53(55)64(54-21-6-8-23-56(54)65)43-29-27-41(28-30-43)44-31-32-45-38-57-63(40-47(45)37-44)68(61-36-34-42-15-3-4-16-48(42)66(57)61)59-25-13-10-18-50(59)51-19-11-14-26-60(51)68/h3-40H,1-2H3. The van der Waals surface area contributed by atoms with E-state index in [1.807, 2.05) is 0 Å². The fraction of sp³-hybridized carbons (Fsp3) is 0.0588. The first-order valence-electron chi connectivity index (χ1n) is 24.1. The van der Waals surface area contributed by atoms with Crippen LogP contribution in [0.1, 0.15) is 47.2 Å². The SMILES string of the molecule is CC1(C)c2ccccc2-c2ccc(-c3c4ccccc4c(-c4ccc(-c5ccc6cc7c(cc6c5)C5(c6ccccc6-c6ccccc65)c5ccc6ccccc6c5-7)cc4)c4ccccc34)cc21. The van der Waals surface area contributed by atoms with Crippen LogP contribution in [0.2, 0.25) is 0 Å². The van der Waals surface area contributed by atoms with Crippen molar-refractivity contribution in [3.63, 3.8) is 0 Å². The van der Waals surface area contributed by atoms with Crippen molar-refractivity contribution in [1.29, 1.82) is 0 Å². The van der Waals surface area contributed by atoms with Crippen LogP contribution in [0.15, 0.2) is 231 Å². The van der Waals surface area contributed by atoms with Crippen LogP contribution in [0, 0.1) is 0 Å². The van der Waals surface area contributed by atoms with Crippen molar-refractivity contribution >= 4 is 43.1 Å². The first-order chi connectivity index (χ1) is 33.5. The van der Waals surface area contributed by atoms with Gasteiger partial charge >= 0.3 is 0 Å². The van der Waals surface area contributed by atoms with Crippen LogP contribution in [-0.4, -0.2) is 0 Å². The average molecular weight is 861 g/mol. The van der Waals surface area contributed by atoms with Crippen LogP contribution < -0.4 is 0 Å². The number of hydrogen-bond acceptors (Lipinski definition) is 0. The summed E-state index contributed by atoms with van der Waals surface area (Å²) < 4.78 is 0. The highest BCUT2D eigenvalue weighted by molar-refractivity contribution is 6.21. The minimum atomic E-state index is -0.405. The Labute approximate surface area is 396 Å². The van der Waals surface area contributed by atoms with Gasteiger partial charge in [0.2, 0.25) is 0 Å². The quantitative estimate of drug-likeness (QED) is 0.155. The van der Waals surface area contributed by atoms with E-state index in [0.29, 0.717) is 0 Å². The van der Waals surface area contributed by atoms with Gasteiger partial charge in [-0.1, -0.05) is 220 Å². The van der Waals surface area contributed by atoms with Gasteiger partial charge in [0.1, 0.15) is 0 Å². The van der Waals surface area contributed by atoms with E-state index in [4.69, 9.17) is 0 Å². The fourth-order valence-corrected chi connectivity index (χ4v) is 13.3. The molecule has 3 aliphatic carbocycles. The van der Waals surface area contributed by atoms with Crippen molar-refractivity contribution < 1.29 is 0 Å². The van der Waals surface area contributed by atoms with E-state index in [9.17, 15) is 0 Å². The zero-order valence-corrected chi connectivity index (χ0v) is 37.9. The Morgan fingerprint density at radius 3 is 1.38 bits per heavy atom. The van der Waals surface area contributed by atoms with Crippen molar-refractivity contribution in [3.8, 4) is 66.8 Å². The van der Waals surface area contributed by atoms with Crippen LogP contribution in [-0.2, 0) is 10.8 Å². The van der Waals surface area contributed by atoms with Gasteiger partial charge in [-0.2, -0.15) is 0 Å². The summed E-state index contributed by atoms with van der Waals surface area (Å²) in [5.41, 5.74) is 23.4. The molecule has 0 saturated heterocycles. The summed E-state index contributed by atoms with van der Waals surface area (Å²) in [7, 11) is 0. The van der Waals surface area contributed by atoms with Crippen molar-refractivity contribution in [2.45, 2.75) is 24.7 Å². The van der Waals surface area contributed by atoms with E-state index in [-0.39, 0.29) is 5.41 Å². The van der Waals surface area contributed by atoms with Gasteiger partial charge in [0.25, 0.3) is 0 Å². The summed E-state index contributed by atoms with van der Waals surface area (Å²) in [6.45, 7) is 4.75. The van der Waals surface area contributed by atoms with Crippen LogP contribution in [0.5, 0.6) is 0 Å². The van der Waals surface area contributed by atoms with Crippen LogP contribution >= 0.6 is 0 Å². The monoisotopic (exact) mass is 860 g/mol. The molecule has 0 aromatic heterocycles. The van der Waals surface area contributed by atoms with E-state index in [1.54, 1.807) is 0 Å². The summed E-state index contributed by atoms with van der Waals surface area (Å²) in [6.07, 6.45) is 0. The highest BCUT2D eigenvalue weighted by Crippen LogP contribution is 2.64. The second-order valence-electron chi connectivity index (χ2n) is 19.9. The summed E-state index contributed by atoms with van der Waals surface area (Å²) in [5.74, 6) is 0. The molecule has 316 valence electrons. The smallest absolute Gasteiger partial charge is 0.0619 e. The topological polar surface area (TPSA) is 0 Å². The van der Waals surface area contributed by atoms with Gasteiger partial charge in [0.05, 0.1) is 5.41 Å². The Kier molecular flexibility index (Phi) is 7.59. The lowest BCUT2D eigenvalue weighted by atomic mass is 9.70. The minimum absolute atomic E-state index is 0.0713. The molecule has 0 N–H and O–H groups in total. The molecule has 0 saturated carbocycles. The molecule has 0 radical (unpaired) electrons. The maximum atomic E-state index is 2.52. The molecule has 0 heterocycles. The van der Waals surface area contributed by atoms with Crippen LogP contribution in [0.3, 0.4) is 0 Å². The van der Waals surface area contributed by atoms with Crippen molar-refractivity contribution in [3.05, 3.63) is 264 Å². The van der Waals surface area contributed by atoms with Gasteiger partial charge in [-0.05, 0) is 167 Å². The maximum absolute atomic E-state index is 2.52. The molecule has 0 atom stereocenters. The largest absolute Gasteiger partial charge is 0.0725 e. The Bertz CT molecular complexity index is 4060. The molecule has 0 unspecified atom stereocenters. The fourth-order valence-electron chi connectivity index (χ4n) is 13.3. The van der Waals surface area contributed by atoms with Gasteiger partial charge in [-0.25, -0.2) is 0 Å². The molecule has 0 aliphatic heterocycles. The third kappa shape index (κ3) is 4.89. The lowest BCUT2D eigenvalue weighted by molar-refractivity contribution is 0.660. The molecule has 0 fully saturated rings. The van der Waals surface area contributed by atoms with Crippen molar-refractivity contribution in [1.82, 2.24) is 0 Å². The molecule has 15 rings (SSSR count). The third-order valence-corrected chi connectivity index (χ3v) is 16.2. The van der Waals surface area contributed by atoms with Crippen LogP contribution in [0.4, 0.5) is 0 Å². The highest BCUT2D eigenvalue weighted by atomic mass is 14.5. The number of hydrogen-bond donors (Lipinski definition) is 0. The van der Waals surface area contributed by atoms with E-state index in [0.717, 1.165) is 0 Å². The molecule has 12 aromatic rings. The van der Waals surface area contributed by atoms with Crippen molar-refractivity contribution in [2.75, 3.05) is 0 Å². The Morgan fingerprint density at radius 1 is 0.235 bits per heavy atom. The zero-order chi connectivity index (χ0) is 44.9. The Hall–Kier alpha value is -8.32. The lowest BCUT2D eigenvalue weighted by Gasteiger charge is -2.30. The second-order valence-corrected chi connectivity index (χ2v) is 19.9. The minimum Gasteiger partial charge on any atom is -0.0619 e. The molecule has 0 bridgehead atoms. The van der Waals surface area contributed by atoms with Crippen LogP contribution in [0.25, 0.3) is 110 Å². The first kappa shape index (κ1) is 37.9. The van der Waals surface area contributed by atoms with Crippen molar-refractivity contribution in [2.24, 2.45) is 0 Å². The highest BCUT2D eigenvalue weighted by Gasteiger charge is 2.52. The molecule has 0 nitrogen and oxygen atoms in total. The van der Waals surface area contributed by atoms with Gasteiger partial charge in [0.15, 0.2) is 0 Å². The maximum Gasteiger partial charge on any atom is 0.0725 e. The number of fused-ring (bicyclic) bond motifs is 18. The Morgan fingerprint density at radius 2 is 0.721 bits per heavy atom. The summed E-state index contributed by atoms with van der Waals surface area (Å²) in [6, 6.07) is 87.5. The number of rotatable bonds is 3. The lowest BCUT2D eigenvalue weighted by Crippen LogP contribution is -2.25. The second kappa shape index (κ2) is 13.6. The van der Waals surface area contributed by atoms with Gasteiger partial charge < -0.3 is 0 Å². The summed E-state index contributed by atoms with van der Waals surface area (Å²) >= 11 is 0. The normalized spacial score (nSPS) is 14.3. The van der Waals surface area contributed by atoms with E-state index in [1.165, 1.54) is 143 Å². The molecule has 3 aliphatic rings. The number of benzene rings is 12. The molecule has 68 heavy (non-hydrogen) atoms. The molecule has 1 spiro atoms. The molecule has 12 aromatic carbocycles. The third-order valence-electron chi connectivity index (χ3n) is 16.2. The van der Waals surface area contributed by atoms with Gasteiger partial charge in [-0.15, -0.1) is 0 Å². The summed E-state index contributed by atoms with van der Waals surface area (Å²) in [5, 5.41) is 10.2. The van der Waals surface area contributed by atoms with E-state index in [2.05, 4.69) is 244 Å². The van der Waals surface area contributed by atoms with Gasteiger partial charge in [-0.3, -0.25) is 0 Å². The average Bonchev–Trinajstić information content (AvgIpc) is 3.95. The molecule has 0 amide bonds. The predicted molar refractivity (Wildman–Crippen MR) is 287 cm³/mol. The van der Waals surface area contributed by atoms with E-state index < -0.39 is 5.41 Å². The zero-order valence-electron chi connectivity index (χ0n) is 37.9. The van der Waals surface area contributed by atoms with Gasteiger partial charge in [0, 0.05) is 5.41 Å². The van der Waals surface area contributed by atoms with E-state index >= 15 is 0 Å². The first-order valence-corrected chi connectivity index (χ1v) is 24.1. The molecular formula is C68H44. The molecular weight excluding hydrogens is 817 g/mol. The molecule has 0 heteroatoms.